The molecular formula is C23H19NO6. The Morgan fingerprint density at radius 3 is 2.20 bits per heavy atom. The molecule has 4 aromatic rings. The summed E-state index contributed by atoms with van der Waals surface area (Å²) in [6, 6.07) is 17.9. The molecule has 1 aromatic heterocycles. The van der Waals surface area contributed by atoms with Crippen LogP contribution in [0, 0.1) is 0 Å². The van der Waals surface area contributed by atoms with Crippen LogP contribution in [0.3, 0.4) is 0 Å². The van der Waals surface area contributed by atoms with Gasteiger partial charge in [0.1, 0.15) is 11.4 Å². The molecule has 0 spiro atoms. The largest absolute Gasteiger partial charge is 0.493 e. The minimum absolute atomic E-state index is 0.257. The van der Waals surface area contributed by atoms with Gasteiger partial charge in [0.05, 0.1) is 26.9 Å². The fraction of sp³-hybridized carbons (Fsp3) is 0.130. The lowest BCUT2D eigenvalue weighted by Gasteiger charge is -2.13. The first-order valence-corrected chi connectivity index (χ1v) is 9.11. The smallest absolute Gasteiger partial charge is 0.343 e. The average molecular weight is 405 g/mol. The fourth-order valence-electron chi connectivity index (χ4n) is 3.15. The van der Waals surface area contributed by atoms with Crippen molar-refractivity contribution in [1.82, 2.24) is 5.16 Å². The summed E-state index contributed by atoms with van der Waals surface area (Å²) in [7, 11) is 4.46. The van der Waals surface area contributed by atoms with E-state index in [9.17, 15) is 4.79 Å². The maximum Gasteiger partial charge on any atom is 0.343 e. The van der Waals surface area contributed by atoms with Gasteiger partial charge in [-0.3, -0.25) is 0 Å². The van der Waals surface area contributed by atoms with E-state index >= 15 is 0 Å². The van der Waals surface area contributed by atoms with Crippen LogP contribution in [-0.4, -0.2) is 32.5 Å². The van der Waals surface area contributed by atoms with Gasteiger partial charge in [-0.15, -0.1) is 0 Å². The van der Waals surface area contributed by atoms with Crippen LogP contribution in [0.15, 0.2) is 65.2 Å². The zero-order chi connectivity index (χ0) is 21.1. The molecule has 0 aliphatic carbocycles. The van der Waals surface area contributed by atoms with E-state index in [0.29, 0.717) is 28.6 Å². The molecule has 152 valence electrons. The number of hydrogen-bond donors (Lipinski definition) is 0. The Labute approximate surface area is 172 Å². The molecule has 0 bridgehead atoms. The van der Waals surface area contributed by atoms with Crippen LogP contribution in [0.25, 0.3) is 22.2 Å². The molecule has 0 amide bonds. The van der Waals surface area contributed by atoms with Gasteiger partial charge in [0.15, 0.2) is 17.1 Å². The van der Waals surface area contributed by atoms with Crippen molar-refractivity contribution >= 4 is 16.9 Å². The second-order valence-electron chi connectivity index (χ2n) is 6.36. The van der Waals surface area contributed by atoms with Crippen molar-refractivity contribution in [3.05, 3.63) is 66.2 Å². The predicted molar refractivity (Wildman–Crippen MR) is 111 cm³/mol. The van der Waals surface area contributed by atoms with E-state index < -0.39 is 5.97 Å². The third-order valence-corrected chi connectivity index (χ3v) is 4.60. The van der Waals surface area contributed by atoms with Crippen molar-refractivity contribution in [1.29, 1.82) is 0 Å². The van der Waals surface area contributed by atoms with Crippen LogP contribution in [0.5, 0.6) is 23.0 Å². The van der Waals surface area contributed by atoms with E-state index in [1.807, 2.05) is 36.4 Å². The van der Waals surface area contributed by atoms with E-state index in [1.54, 1.807) is 12.1 Å². The number of ether oxygens (including phenoxy) is 4. The number of carbonyl (C=O) groups is 1. The summed E-state index contributed by atoms with van der Waals surface area (Å²) in [5.41, 5.74) is 2.45. The van der Waals surface area contributed by atoms with E-state index in [4.69, 9.17) is 23.5 Å². The molecular weight excluding hydrogens is 386 g/mol. The van der Waals surface area contributed by atoms with Gasteiger partial charge in [-0.1, -0.05) is 35.5 Å². The number of fused-ring (bicyclic) bond motifs is 1. The standard InChI is InChI=1S/C23H19NO6/c1-26-19-11-15(12-20(27-2)22(19)28-3)23(25)29-16-9-10-17-18(13-16)30-24-21(17)14-7-5-4-6-8-14/h4-13H,1-3H3. The summed E-state index contributed by atoms with van der Waals surface area (Å²) in [6.07, 6.45) is 0. The van der Waals surface area contributed by atoms with E-state index in [1.165, 1.54) is 33.5 Å². The average Bonchev–Trinajstić information content (AvgIpc) is 3.21. The number of rotatable bonds is 6. The first-order chi connectivity index (χ1) is 14.6. The van der Waals surface area contributed by atoms with Crippen molar-refractivity contribution in [2.75, 3.05) is 21.3 Å². The van der Waals surface area contributed by atoms with Crippen molar-refractivity contribution in [3.63, 3.8) is 0 Å². The molecule has 0 radical (unpaired) electrons. The zero-order valence-electron chi connectivity index (χ0n) is 16.7. The molecule has 0 N–H and O–H groups in total. The number of hydrogen-bond acceptors (Lipinski definition) is 7. The first-order valence-electron chi connectivity index (χ1n) is 9.11. The molecule has 0 saturated heterocycles. The van der Waals surface area contributed by atoms with Crippen LogP contribution in [0.4, 0.5) is 0 Å². The molecule has 0 aliphatic heterocycles. The van der Waals surface area contributed by atoms with Gasteiger partial charge in [-0.2, -0.15) is 0 Å². The summed E-state index contributed by atoms with van der Waals surface area (Å²) in [5, 5.41) is 4.97. The second kappa shape index (κ2) is 8.16. The lowest BCUT2D eigenvalue weighted by Crippen LogP contribution is -2.09. The van der Waals surface area contributed by atoms with Crippen molar-refractivity contribution in [3.8, 4) is 34.3 Å². The van der Waals surface area contributed by atoms with Crippen LogP contribution >= 0.6 is 0 Å². The van der Waals surface area contributed by atoms with Crippen LogP contribution in [0.1, 0.15) is 10.4 Å². The van der Waals surface area contributed by atoms with Crippen LogP contribution in [0.2, 0.25) is 0 Å². The quantitative estimate of drug-likeness (QED) is 0.339. The van der Waals surface area contributed by atoms with E-state index in [-0.39, 0.29) is 5.56 Å². The highest BCUT2D eigenvalue weighted by molar-refractivity contribution is 5.95. The first kappa shape index (κ1) is 19.3. The summed E-state index contributed by atoms with van der Waals surface area (Å²) in [4.78, 5) is 12.7. The van der Waals surface area contributed by atoms with Crippen molar-refractivity contribution in [2.45, 2.75) is 0 Å². The Balaban J connectivity index is 1.62. The Kier molecular flexibility index (Phi) is 5.26. The number of nitrogens with zero attached hydrogens (tertiary/aromatic N) is 1. The molecule has 0 unspecified atom stereocenters. The highest BCUT2D eigenvalue weighted by atomic mass is 16.5. The number of esters is 1. The molecule has 4 rings (SSSR count). The molecule has 0 aliphatic rings. The summed E-state index contributed by atoms with van der Waals surface area (Å²) in [5.74, 6) is 0.880. The summed E-state index contributed by atoms with van der Waals surface area (Å²) in [6.45, 7) is 0. The minimum Gasteiger partial charge on any atom is -0.493 e. The van der Waals surface area contributed by atoms with Crippen LogP contribution < -0.4 is 18.9 Å². The van der Waals surface area contributed by atoms with Gasteiger partial charge in [0.25, 0.3) is 0 Å². The molecule has 1 heterocycles. The zero-order valence-corrected chi connectivity index (χ0v) is 16.7. The van der Waals surface area contributed by atoms with E-state index in [0.717, 1.165) is 16.6 Å². The number of methoxy groups -OCH3 is 3. The van der Waals surface area contributed by atoms with E-state index in [2.05, 4.69) is 5.16 Å². The lowest BCUT2D eigenvalue weighted by molar-refractivity contribution is 0.0734. The molecule has 30 heavy (non-hydrogen) atoms. The van der Waals surface area contributed by atoms with Crippen LogP contribution in [-0.2, 0) is 0 Å². The van der Waals surface area contributed by atoms with Gasteiger partial charge in [-0.25, -0.2) is 4.79 Å². The number of aromatic nitrogens is 1. The van der Waals surface area contributed by atoms with Gasteiger partial charge in [0, 0.05) is 17.0 Å². The maximum absolute atomic E-state index is 12.7. The highest BCUT2D eigenvalue weighted by Gasteiger charge is 2.19. The third kappa shape index (κ3) is 3.53. The van der Waals surface area contributed by atoms with Gasteiger partial charge in [0.2, 0.25) is 5.75 Å². The van der Waals surface area contributed by atoms with Crippen molar-refractivity contribution < 1.29 is 28.3 Å². The molecule has 7 heteroatoms. The Hall–Kier alpha value is -4.00. The topological polar surface area (TPSA) is 80.0 Å². The molecule has 0 fully saturated rings. The Morgan fingerprint density at radius 2 is 1.57 bits per heavy atom. The predicted octanol–water partition coefficient (Wildman–Crippen LogP) is 4.74. The second-order valence-corrected chi connectivity index (χ2v) is 6.36. The monoisotopic (exact) mass is 405 g/mol. The fourth-order valence-corrected chi connectivity index (χ4v) is 3.15. The summed E-state index contributed by atoms with van der Waals surface area (Å²) >= 11 is 0. The molecule has 7 nitrogen and oxygen atoms in total. The molecule has 3 aromatic carbocycles. The minimum atomic E-state index is -0.573. The highest BCUT2D eigenvalue weighted by Crippen LogP contribution is 2.38. The molecule has 0 saturated carbocycles. The number of carbonyl (C=O) groups excluding carboxylic acids is 1. The third-order valence-electron chi connectivity index (χ3n) is 4.60. The SMILES string of the molecule is COc1cc(C(=O)Oc2ccc3c(-c4ccccc4)noc3c2)cc(OC)c1OC. The lowest BCUT2D eigenvalue weighted by atomic mass is 10.1. The maximum atomic E-state index is 12.7. The van der Waals surface area contributed by atoms with Crippen molar-refractivity contribution in [2.24, 2.45) is 0 Å². The van der Waals surface area contributed by atoms with Gasteiger partial charge >= 0.3 is 5.97 Å². The summed E-state index contributed by atoms with van der Waals surface area (Å²) < 4.78 is 26.8. The Morgan fingerprint density at radius 1 is 0.867 bits per heavy atom. The van der Waals surface area contributed by atoms with Gasteiger partial charge in [-0.05, 0) is 24.3 Å². The molecule has 0 atom stereocenters. The normalized spacial score (nSPS) is 10.6. The van der Waals surface area contributed by atoms with Gasteiger partial charge < -0.3 is 23.5 Å². The Bertz CT molecular complexity index is 1170. The number of benzene rings is 3.